The van der Waals surface area contributed by atoms with Gasteiger partial charge in [-0.25, -0.2) is 4.79 Å². The number of rotatable bonds is 6. The van der Waals surface area contributed by atoms with Crippen LogP contribution in [0.15, 0.2) is 24.3 Å². The number of aliphatic carboxylic acids is 1. The first-order chi connectivity index (χ1) is 9.63. The van der Waals surface area contributed by atoms with Crippen LogP contribution < -0.4 is 0 Å². The number of hydrogen-bond acceptors (Lipinski definition) is 3. The van der Waals surface area contributed by atoms with Gasteiger partial charge in [-0.05, 0) is 12.5 Å². The van der Waals surface area contributed by atoms with Gasteiger partial charge in [0.1, 0.15) is 5.69 Å². The molecule has 2 rings (SSSR count). The molecule has 1 heterocycles. The molecule has 0 spiro atoms. The third-order valence-electron chi connectivity index (χ3n) is 3.08. The fourth-order valence-electron chi connectivity index (χ4n) is 2.09. The number of benzene rings is 1. The molecule has 0 saturated carbocycles. The second kappa shape index (κ2) is 6.23. The fraction of sp³-hybridized carbons (Fsp3) is 0.333. The van der Waals surface area contributed by atoms with Gasteiger partial charge in [-0.2, -0.15) is 0 Å². The van der Waals surface area contributed by atoms with Crippen molar-refractivity contribution < 1.29 is 19.4 Å². The Morgan fingerprint density at radius 2 is 2.05 bits per heavy atom. The van der Waals surface area contributed by atoms with E-state index in [-0.39, 0.29) is 12.1 Å². The third kappa shape index (κ3) is 2.99. The second-order valence-corrected chi connectivity index (χ2v) is 4.58. The van der Waals surface area contributed by atoms with Gasteiger partial charge in [-0.1, -0.05) is 31.5 Å². The van der Waals surface area contributed by atoms with Gasteiger partial charge in [-0.15, -0.1) is 0 Å². The normalized spacial score (nSPS) is 10.7. The number of H-pyrrole nitrogens is 1. The molecule has 1 aromatic heterocycles. The molecule has 1 aromatic carbocycles. The lowest BCUT2D eigenvalue weighted by molar-refractivity contribution is -0.136. The van der Waals surface area contributed by atoms with E-state index in [9.17, 15) is 9.59 Å². The Labute approximate surface area is 116 Å². The van der Waals surface area contributed by atoms with Gasteiger partial charge in [0.15, 0.2) is 0 Å². The third-order valence-corrected chi connectivity index (χ3v) is 3.08. The Balaban J connectivity index is 2.35. The maximum atomic E-state index is 12.0. The van der Waals surface area contributed by atoms with Crippen molar-refractivity contribution in [3.63, 3.8) is 0 Å². The van der Waals surface area contributed by atoms with Crippen molar-refractivity contribution in [2.24, 2.45) is 0 Å². The molecule has 5 nitrogen and oxygen atoms in total. The summed E-state index contributed by atoms with van der Waals surface area (Å²) in [4.78, 5) is 26.0. The standard InChI is InChI=1S/C15H17NO4/c1-2-3-8-20-15(19)14-11(9-13(17)18)10-6-4-5-7-12(10)16-14/h4-7,16H,2-3,8-9H2,1H3,(H,17,18). The number of carboxylic acids is 1. The van der Waals surface area contributed by atoms with E-state index in [0.717, 1.165) is 23.7 Å². The van der Waals surface area contributed by atoms with E-state index >= 15 is 0 Å². The predicted molar refractivity (Wildman–Crippen MR) is 74.8 cm³/mol. The van der Waals surface area contributed by atoms with Crippen molar-refractivity contribution in [3.05, 3.63) is 35.5 Å². The number of aromatic nitrogens is 1. The van der Waals surface area contributed by atoms with Crippen LogP contribution in [0.1, 0.15) is 35.8 Å². The van der Waals surface area contributed by atoms with E-state index in [4.69, 9.17) is 9.84 Å². The van der Waals surface area contributed by atoms with Crippen molar-refractivity contribution in [1.29, 1.82) is 0 Å². The Hall–Kier alpha value is -2.30. The number of para-hydroxylation sites is 1. The molecule has 0 aliphatic heterocycles. The van der Waals surface area contributed by atoms with Gasteiger partial charge >= 0.3 is 11.9 Å². The van der Waals surface area contributed by atoms with Crippen LogP contribution in [0.5, 0.6) is 0 Å². The predicted octanol–water partition coefficient (Wildman–Crippen LogP) is 2.75. The Morgan fingerprint density at radius 3 is 2.75 bits per heavy atom. The first-order valence-corrected chi connectivity index (χ1v) is 6.62. The molecule has 2 aromatic rings. The SMILES string of the molecule is CCCCOC(=O)c1[nH]c2ccccc2c1CC(=O)O. The molecule has 0 amide bonds. The smallest absolute Gasteiger partial charge is 0.355 e. The van der Waals surface area contributed by atoms with Gasteiger partial charge in [0.25, 0.3) is 0 Å². The highest BCUT2D eigenvalue weighted by atomic mass is 16.5. The van der Waals surface area contributed by atoms with Gasteiger partial charge in [0, 0.05) is 16.5 Å². The summed E-state index contributed by atoms with van der Waals surface area (Å²) in [6.07, 6.45) is 1.52. The summed E-state index contributed by atoms with van der Waals surface area (Å²) >= 11 is 0. The number of unbranched alkanes of at least 4 members (excludes halogenated alkanes) is 1. The Bertz CT molecular complexity index is 630. The zero-order valence-electron chi connectivity index (χ0n) is 11.3. The highest BCUT2D eigenvalue weighted by Gasteiger charge is 2.20. The minimum Gasteiger partial charge on any atom is -0.481 e. The quantitative estimate of drug-likeness (QED) is 0.627. The van der Waals surface area contributed by atoms with Gasteiger partial charge < -0.3 is 14.8 Å². The van der Waals surface area contributed by atoms with E-state index in [1.165, 1.54) is 0 Å². The van der Waals surface area contributed by atoms with Crippen LogP contribution in [0.25, 0.3) is 10.9 Å². The average molecular weight is 275 g/mol. The molecule has 2 N–H and O–H groups in total. The number of esters is 1. The molecular weight excluding hydrogens is 258 g/mol. The minimum absolute atomic E-state index is 0.206. The van der Waals surface area contributed by atoms with Crippen LogP contribution in [-0.4, -0.2) is 28.6 Å². The first-order valence-electron chi connectivity index (χ1n) is 6.62. The van der Waals surface area contributed by atoms with Gasteiger partial charge in [0.05, 0.1) is 13.0 Å². The van der Waals surface area contributed by atoms with Crippen LogP contribution in [0.2, 0.25) is 0 Å². The van der Waals surface area contributed by atoms with Gasteiger partial charge in [-0.3, -0.25) is 4.79 Å². The summed E-state index contributed by atoms with van der Waals surface area (Å²) in [6.45, 7) is 2.35. The number of carbonyl (C=O) groups is 2. The topological polar surface area (TPSA) is 79.4 Å². The number of fused-ring (bicyclic) bond motifs is 1. The zero-order valence-corrected chi connectivity index (χ0v) is 11.3. The lowest BCUT2D eigenvalue weighted by atomic mass is 10.1. The van der Waals surface area contributed by atoms with E-state index in [1.807, 2.05) is 25.1 Å². The number of carboxylic acid groups (broad SMARTS) is 1. The van der Waals surface area contributed by atoms with Gasteiger partial charge in [0.2, 0.25) is 0 Å². The van der Waals surface area contributed by atoms with Crippen LogP contribution in [0.3, 0.4) is 0 Å². The summed E-state index contributed by atoms with van der Waals surface area (Å²) in [5.74, 6) is -1.47. The minimum atomic E-state index is -0.975. The van der Waals surface area contributed by atoms with Crippen LogP contribution in [0, 0.1) is 0 Å². The lowest BCUT2D eigenvalue weighted by Gasteiger charge is -2.04. The lowest BCUT2D eigenvalue weighted by Crippen LogP contribution is -2.11. The molecule has 0 aliphatic carbocycles. The summed E-state index contributed by atoms with van der Waals surface area (Å²) in [5, 5.41) is 9.75. The van der Waals surface area contributed by atoms with Crippen LogP contribution in [-0.2, 0) is 16.0 Å². The van der Waals surface area contributed by atoms with E-state index < -0.39 is 11.9 Å². The zero-order chi connectivity index (χ0) is 14.5. The molecule has 106 valence electrons. The largest absolute Gasteiger partial charge is 0.481 e. The maximum Gasteiger partial charge on any atom is 0.355 e. The molecule has 0 atom stereocenters. The molecule has 0 saturated heterocycles. The second-order valence-electron chi connectivity index (χ2n) is 4.58. The van der Waals surface area contributed by atoms with Crippen molar-refractivity contribution in [3.8, 4) is 0 Å². The molecule has 20 heavy (non-hydrogen) atoms. The molecular formula is C15H17NO4. The van der Waals surface area contributed by atoms with E-state index in [1.54, 1.807) is 6.07 Å². The highest BCUT2D eigenvalue weighted by molar-refractivity contribution is 6.00. The van der Waals surface area contributed by atoms with Crippen molar-refractivity contribution >= 4 is 22.8 Å². The Kier molecular flexibility index (Phi) is 4.40. The average Bonchev–Trinajstić information content (AvgIpc) is 2.77. The summed E-state index contributed by atoms with van der Waals surface area (Å²) in [6, 6.07) is 7.25. The molecule has 5 heteroatoms. The molecule has 0 radical (unpaired) electrons. The van der Waals surface area contributed by atoms with Crippen LogP contribution in [0.4, 0.5) is 0 Å². The van der Waals surface area contributed by atoms with Crippen molar-refractivity contribution in [2.75, 3.05) is 6.61 Å². The maximum absolute atomic E-state index is 12.0. The van der Waals surface area contributed by atoms with Crippen molar-refractivity contribution in [1.82, 2.24) is 4.98 Å². The molecule has 0 bridgehead atoms. The van der Waals surface area contributed by atoms with Crippen molar-refractivity contribution in [2.45, 2.75) is 26.2 Å². The molecule has 0 unspecified atom stereocenters. The molecule has 0 fully saturated rings. The number of ether oxygens (including phenoxy) is 1. The summed E-state index contributed by atoms with van der Waals surface area (Å²) < 4.78 is 5.16. The number of carbonyl (C=O) groups excluding carboxylic acids is 1. The summed E-state index contributed by atoms with van der Waals surface area (Å²) in [5.41, 5.74) is 1.46. The number of hydrogen-bond donors (Lipinski definition) is 2. The fourth-order valence-corrected chi connectivity index (χ4v) is 2.09. The molecule has 0 aliphatic rings. The highest BCUT2D eigenvalue weighted by Crippen LogP contribution is 2.23. The van der Waals surface area contributed by atoms with E-state index in [0.29, 0.717) is 12.2 Å². The Morgan fingerprint density at radius 1 is 1.30 bits per heavy atom. The van der Waals surface area contributed by atoms with Crippen LogP contribution >= 0.6 is 0 Å². The summed E-state index contributed by atoms with van der Waals surface area (Å²) in [7, 11) is 0. The monoisotopic (exact) mass is 275 g/mol. The first kappa shape index (κ1) is 14.1. The number of aromatic amines is 1. The van der Waals surface area contributed by atoms with E-state index in [2.05, 4.69) is 4.98 Å². The number of nitrogens with one attached hydrogen (secondary N) is 1.